The average molecular weight is 300 g/mol. The molecule has 0 saturated heterocycles. The summed E-state index contributed by atoms with van der Waals surface area (Å²) in [5.41, 5.74) is 0.558. The summed E-state index contributed by atoms with van der Waals surface area (Å²) in [6.07, 6.45) is 2.26. The Kier molecular flexibility index (Phi) is 4.62. The van der Waals surface area contributed by atoms with Crippen molar-refractivity contribution >= 4 is 21.4 Å². The van der Waals surface area contributed by atoms with Crippen molar-refractivity contribution in [3.63, 3.8) is 0 Å². The molecule has 19 heavy (non-hydrogen) atoms. The fourth-order valence-electron chi connectivity index (χ4n) is 1.54. The smallest absolute Gasteiger partial charge is 0.215 e. The molecule has 1 heterocycles. The predicted molar refractivity (Wildman–Crippen MR) is 72.8 cm³/mol. The number of sulfonamides is 1. The van der Waals surface area contributed by atoms with Crippen molar-refractivity contribution in [1.29, 1.82) is 0 Å². The topological polar surface area (TPSA) is 59.1 Å². The van der Waals surface area contributed by atoms with Crippen molar-refractivity contribution in [2.24, 2.45) is 0 Å². The van der Waals surface area contributed by atoms with Crippen LogP contribution in [0.3, 0.4) is 0 Å². The maximum atomic E-state index is 12.7. The van der Waals surface area contributed by atoms with E-state index in [0.29, 0.717) is 18.5 Å². The summed E-state index contributed by atoms with van der Waals surface area (Å²) in [7, 11) is -3.40. The van der Waals surface area contributed by atoms with Crippen molar-refractivity contribution in [2.45, 2.75) is 12.2 Å². The number of aromatic nitrogens is 1. The summed E-state index contributed by atoms with van der Waals surface area (Å²) in [4.78, 5) is 4.07. The van der Waals surface area contributed by atoms with Gasteiger partial charge in [-0.05, 0) is 17.7 Å². The summed E-state index contributed by atoms with van der Waals surface area (Å²) >= 11 is 1.49. The Morgan fingerprint density at radius 3 is 2.63 bits per heavy atom. The molecule has 0 spiro atoms. The Morgan fingerprint density at radius 2 is 2.00 bits per heavy atom. The predicted octanol–water partition coefficient (Wildman–Crippen LogP) is 1.94. The standard InChI is InChI=1S/C12H13FN2O2S2/c13-11-3-1-10(2-4-11)9-19(16,17)15-6-5-12-14-7-8-18-12/h1-4,7-8,15H,5-6,9H2. The maximum absolute atomic E-state index is 12.7. The van der Waals surface area contributed by atoms with Gasteiger partial charge in [0, 0.05) is 24.5 Å². The lowest BCUT2D eigenvalue weighted by atomic mass is 10.2. The van der Waals surface area contributed by atoms with Crippen molar-refractivity contribution in [3.05, 3.63) is 52.2 Å². The fourth-order valence-corrected chi connectivity index (χ4v) is 3.31. The molecule has 0 saturated carbocycles. The summed E-state index contributed by atoms with van der Waals surface area (Å²) < 4.78 is 38.8. The molecule has 0 bridgehead atoms. The Bertz CT molecular complexity index is 610. The molecule has 0 aliphatic rings. The number of nitrogens with zero attached hydrogens (tertiary/aromatic N) is 1. The Balaban J connectivity index is 1.86. The van der Waals surface area contributed by atoms with Crippen LogP contribution >= 0.6 is 11.3 Å². The van der Waals surface area contributed by atoms with Gasteiger partial charge >= 0.3 is 0 Å². The zero-order valence-corrected chi connectivity index (χ0v) is 11.7. The highest BCUT2D eigenvalue weighted by molar-refractivity contribution is 7.88. The summed E-state index contributed by atoms with van der Waals surface area (Å²) in [5, 5.41) is 2.74. The number of thiazole rings is 1. The third-order valence-corrected chi connectivity index (χ3v) is 4.61. The molecule has 1 aromatic carbocycles. The highest BCUT2D eigenvalue weighted by atomic mass is 32.2. The first-order valence-electron chi connectivity index (χ1n) is 5.65. The van der Waals surface area contributed by atoms with Crippen molar-refractivity contribution < 1.29 is 12.8 Å². The molecule has 102 valence electrons. The molecule has 0 atom stereocenters. The molecular formula is C12H13FN2O2S2. The van der Waals surface area contributed by atoms with E-state index in [1.165, 1.54) is 35.6 Å². The molecule has 1 aromatic heterocycles. The van der Waals surface area contributed by atoms with Crippen LogP contribution in [-0.4, -0.2) is 19.9 Å². The molecular weight excluding hydrogens is 287 g/mol. The molecule has 1 N–H and O–H groups in total. The highest BCUT2D eigenvalue weighted by Gasteiger charge is 2.11. The minimum absolute atomic E-state index is 0.148. The number of hydrogen-bond donors (Lipinski definition) is 1. The fraction of sp³-hybridized carbons (Fsp3) is 0.250. The average Bonchev–Trinajstić information content (AvgIpc) is 2.85. The highest BCUT2D eigenvalue weighted by Crippen LogP contribution is 2.07. The molecule has 0 unspecified atom stereocenters. The quantitative estimate of drug-likeness (QED) is 0.887. The van der Waals surface area contributed by atoms with Crippen molar-refractivity contribution in [2.75, 3.05) is 6.54 Å². The second-order valence-electron chi connectivity index (χ2n) is 3.96. The zero-order chi connectivity index (χ0) is 13.7. The van der Waals surface area contributed by atoms with Crippen LogP contribution in [0.1, 0.15) is 10.6 Å². The van der Waals surface area contributed by atoms with E-state index in [1.54, 1.807) is 6.20 Å². The summed E-state index contributed by atoms with van der Waals surface area (Å²) in [6, 6.07) is 5.44. The van der Waals surface area contributed by atoms with Gasteiger partial charge in [0.05, 0.1) is 10.8 Å². The minimum Gasteiger partial charge on any atom is -0.250 e. The second-order valence-corrected chi connectivity index (χ2v) is 6.74. The van der Waals surface area contributed by atoms with E-state index in [1.807, 2.05) is 5.38 Å². The van der Waals surface area contributed by atoms with Gasteiger partial charge < -0.3 is 0 Å². The van der Waals surface area contributed by atoms with Crippen LogP contribution in [0.4, 0.5) is 4.39 Å². The van der Waals surface area contributed by atoms with Gasteiger partial charge in [-0.2, -0.15) is 0 Å². The van der Waals surface area contributed by atoms with Gasteiger partial charge in [-0.25, -0.2) is 22.5 Å². The van der Waals surface area contributed by atoms with E-state index >= 15 is 0 Å². The largest absolute Gasteiger partial charge is 0.250 e. The molecule has 0 fully saturated rings. The van der Waals surface area contributed by atoms with E-state index in [4.69, 9.17) is 0 Å². The minimum atomic E-state index is -3.40. The molecule has 2 aromatic rings. The number of nitrogens with one attached hydrogen (secondary N) is 1. The van der Waals surface area contributed by atoms with E-state index in [2.05, 4.69) is 9.71 Å². The molecule has 0 aliphatic heterocycles. The molecule has 7 heteroatoms. The van der Waals surface area contributed by atoms with E-state index < -0.39 is 10.0 Å². The number of halogens is 1. The lowest BCUT2D eigenvalue weighted by Crippen LogP contribution is -2.27. The molecule has 2 rings (SSSR count). The van der Waals surface area contributed by atoms with Gasteiger partial charge in [-0.3, -0.25) is 0 Å². The first-order valence-corrected chi connectivity index (χ1v) is 8.18. The van der Waals surface area contributed by atoms with E-state index in [-0.39, 0.29) is 11.6 Å². The third kappa shape index (κ3) is 4.70. The Labute approximate surface area is 115 Å². The summed E-state index contributed by atoms with van der Waals surface area (Å²) in [6.45, 7) is 0.317. The van der Waals surface area contributed by atoms with Crippen LogP contribution in [0.25, 0.3) is 0 Å². The molecule has 0 amide bonds. The summed E-state index contributed by atoms with van der Waals surface area (Å²) in [5.74, 6) is -0.525. The molecule has 4 nitrogen and oxygen atoms in total. The number of benzene rings is 1. The van der Waals surface area contributed by atoms with Gasteiger partial charge in [0.25, 0.3) is 0 Å². The van der Waals surface area contributed by atoms with Crippen LogP contribution in [0.15, 0.2) is 35.8 Å². The van der Waals surface area contributed by atoms with Crippen LogP contribution in [0.2, 0.25) is 0 Å². The normalized spacial score (nSPS) is 11.6. The Hall–Kier alpha value is -1.31. The third-order valence-electron chi connectivity index (χ3n) is 2.41. The first-order chi connectivity index (χ1) is 9.05. The maximum Gasteiger partial charge on any atom is 0.215 e. The van der Waals surface area contributed by atoms with Crippen LogP contribution in [0, 0.1) is 5.82 Å². The number of rotatable bonds is 6. The van der Waals surface area contributed by atoms with Crippen LogP contribution in [-0.2, 0) is 22.2 Å². The second kappa shape index (κ2) is 6.23. The number of hydrogen-bond acceptors (Lipinski definition) is 4. The van der Waals surface area contributed by atoms with Gasteiger partial charge in [0.2, 0.25) is 10.0 Å². The van der Waals surface area contributed by atoms with Gasteiger partial charge in [-0.15, -0.1) is 11.3 Å². The van der Waals surface area contributed by atoms with Crippen LogP contribution in [0.5, 0.6) is 0 Å². The van der Waals surface area contributed by atoms with Gasteiger partial charge in [0.15, 0.2) is 0 Å². The SMILES string of the molecule is O=S(=O)(Cc1ccc(F)cc1)NCCc1nccs1. The monoisotopic (exact) mass is 300 g/mol. The van der Waals surface area contributed by atoms with Crippen molar-refractivity contribution in [3.8, 4) is 0 Å². The first kappa shape index (κ1) is 14.1. The Morgan fingerprint density at radius 1 is 1.26 bits per heavy atom. The van der Waals surface area contributed by atoms with Gasteiger partial charge in [-0.1, -0.05) is 12.1 Å². The molecule has 0 radical (unpaired) electrons. The zero-order valence-electron chi connectivity index (χ0n) is 10.0. The van der Waals surface area contributed by atoms with E-state index in [0.717, 1.165) is 5.01 Å². The lowest BCUT2D eigenvalue weighted by Gasteiger charge is -2.05. The van der Waals surface area contributed by atoms with Gasteiger partial charge in [0.1, 0.15) is 5.82 Å². The van der Waals surface area contributed by atoms with Crippen molar-refractivity contribution in [1.82, 2.24) is 9.71 Å². The van der Waals surface area contributed by atoms with Crippen LogP contribution < -0.4 is 4.72 Å². The lowest BCUT2D eigenvalue weighted by molar-refractivity contribution is 0.580. The molecule has 0 aliphatic carbocycles. The van der Waals surface area contributed by atoms with E-state index in [9.17, 15) is 12.8 Å².